The Hall–Kier alpha value is -3.68. The number of esters is 1. The Morgan fingerprint density at radius 3 is 2.30 bits per heavy atom. The van der Waals surface area contributed by atoms with E-state index in [0.29, 0.717) is 32.9 Å². The summed E-state index contributed by atoms with van der Waals surface area (Å²) in [5, 5.41) is 0.863. The second-order valence-electron chi connectivity index (χ2n) is 8.42. The van der Waals surface area contributed by atoms with Crippen LogP contribution < -0.4 is 14.4 Å². The quantitative estimate of drug-likeness (QED) is 0.271. The zero-order valence-corrected chi connectivity index (χ0v) is 22.8. The van der Waals surface area contributed by atoms with Crippen molar-refractivity contribution in [1.82, 2.24) is 4.57 Å². The number of aromatic nitrogens is 1. The molecule has 0 aliphatic carbocycles. The molecule has 7 nitrogen and oxygen atoms in total. The van der Waals surface area contributed by atoms with Gasteiger partial charge in [0.2, 0.25) is 0 Å². The SMILES string of the molecule is COC(=O)C1=C(C)N(c2ccc(OC)c(OC)c2)C(=O)/C1=C\c1cc(C)n(-c2cccc(Cl)c2Cl)c1C. The molecular weight excluding hydrogens is 515 g/mol. The zero-order valence-electron chi connectivity index (χ0n) is 21.3. The van der Waals surface area contributed by atoms with Crippen LogP contribution in [0.3, 0.4) is 0 Å². The molecule has 0 N–H and O–H groups in total. The van der Waals surface area contributed by atoms with Gasteiger partial charge in [-0.1, -0.05) is 29.3 Å². The van der Waals surface area contributed by atoms with Crippen molar-refractivity contribution in [1.29, 1.82) is 0 Å². The van der Waals surface area contributed by atoms with Crippen LogP contribution in [-0.2, 0) is 14.3 Å². The van der Waals surface area contributed by atoms with Crippen LogP contribution >= 0.6 is 23.2 Å². The van der Waals surface area contributed by atoms with Crippen LogP contribution in [-0.4, -0.2) is 37.8 Å². The van der Waals surface area contributed by atoms with Gasteiger partial charge in [-0.2, -0.15) is 0 Å². The molecule has 0 saturated heterocycles. The molecule has 0 fully saturated rings. The number of hydrogen-bond acceptors (Lipinski definition) is 5. The number of ether oxygens (including phenoxy) is 3. The molecule has 0 saturated carbocycles. The van der Waals surface area contributed by atoms with Gasteiger partial charge in [0.25, 0.3) is 5.91 Å². The zero-order chi connectivity index (χ0) is 27.0. The van der Waals surface area contributed by atoms with E-state index in [0.717, 1.165) is 22.6 Å². The van der Waals surface area contributed by atoms with Crippen molar-refractivity contribution in [2.24, 2.45) is 0 Å². The molecule has 0 bridgehead atoms. The first-order valence-corrected chi connectivity index (χ1v) is 12.1. The number of amides is 1. The van der Waals surface area contributed by atoms with Crippen molar-refractivity contribution in [2.75, 3.05) is 26.2 Å². The Morgan fingerprint density at radius 1 is 0.946 bits per heavy atom. The maximum absolute atomic E-state index is 13.8. The lowest BCUT2D eigenvalue weighted by Gasteiger charge is -2.19. The smallest absolute Gasteiger partial charge is 0.340 e. The minimum absolute atomic E-state index is 0.188. The summed E-state index contributed by atoms with van der Waals surface area (Å²) in [4.78, 5) is 28.1. The number of nitrogens with zero attached hydrogens (tertiary/aromatic N) is 2. The summed E-state index contributed by atoms with van der Waals surface area (Å²) in [5.74, 6) is 0.0117. The summed E-state index contributed by atoms with van der Waals surface area (Å²) < 4.78 is 17.7. The standard InChI is InChI=1S/C28H26Cl2N2O5/c1-15-12-18(16(2)31(15)22-9-7-8-21(29)26(22)30)13-20-25(28(34)37-6)17(3)32(27(20)33)19-10-11-23(35-4)24(14-19)36-5/h7-14H,1-6H3/b20-13-. The average Bonchev–Trinajstić information content (AvgIpc) is 3.30. The molecule has 0 radical (unpaired) electrons. The summed E-state index contributed by atoms with van der Waals surface area (Å²) in [6.45, 7) is 5.55. The molecular formula is C28H26Cl2N2O5. The van der Waals surface area contributed by atoms with Gasteiger partial charge in [-0.05, 0) is 62.7 Å². The Kier molecular flexibility index (Phi) is 7.39. The molecule has 1 aliphatic heterocycles. The van der Waals surface area contributed by atoms with Crippen molar-refractivity contribution in [3.63, 3.8) is 0 Å². The van der Waals surface area contributed by atoms with Crippen LogP contribution in [0, 0.1) is 13.8 Å². The van der Waals surface area contributed by atoms with E-state index in [4.69, 9.17) is 37.4 Å². The second-order valence-corrected chi connectivity index (χ2v) is 9.21. The number of aryl methyl sites for hydroxylation is 1. The Balaban J connectivity index is 1.86. The number of hydrogen-bond donors (Lipinski definition) is 0. The molecule has 9 heteroatoms. The molecule has 37 heavy (non-hydrogen) atoms. The van der Waals surface area contributed by atoms with Gasteiger partial charge in [-0.25, -0.2) is 4.79 Å². The van der Waals surface area contributed by atoms with Crippen molar-refractivity contribution in [3.05, 3.63) is 86.3 Å². The van der Waals surface area contributed by atoms with Gasteiger partial charge in [-0.15, -0.1) is 0 Å². The minimum Gasteiger partial charge on any atom is -0.493 e. The van der Waals surface area contributed by atoms with E-state index in [-0.39, 0.29) is 17.1 Å². The topological polar surface area (TPSA) is 70.0 Å². The Morgan fingerprint density at radius 2 is 1.65 bits per heavy atom. The molecule has 0 atom stereocenters. The number of anilines is 1. The molecule has 2 heterocycles. The number of benzene rings is 2. The first-order chi connectivity index (χ1) is 17.6. The van der Waals surface area contributed by atoms with E-state index in [9.17, 15) is 9.59 Å². The highest BCUT2D eigenvalue weighted by atomic mass is 35.5. The molecule has 192 valence electrons. The third-order valence-corrected chi connectivity index (χ3v) is 7.17. The van der Waals surface area contributed by atoms with Crippen LogP contribution in [0.25, 0.3) is 11.8 Å². The van der Waals surface area contributed by atoms with Crippen LogP contribution in [0.5, 0.6) is 11.5 Å². The highest BCUT2D eigenvalue weighted by Gasteiger charge is 2.38. The normalized spacial score (nSPS) is 14.5. The summed E-state index contributed by atoms with van der Waals surface area (Å²) >= 11 is 12.7. The number of methoxy groups -OCH3 is 3. The average molecular weight is 541 g/mol. The number of carbonyl (C=O) groups excluding carboxylic acids is 2. The molecule has 1 aromatic heterocycles. The van der Waals surface area contributed by atoms with Crippen molar-refractivity contribution >= 4 is 46.8 Å². The lowest BCUT2D eigenvalue weighted by molar-refractivity contribution is -0.136. The predicted molar refractivity (Wildman–Crippen MR) is 145 cm³/mol. The van der Waals surface area contributed by atoms with Crippen molar-refractivity contribution in [3.8, 4) is 17.2 Å². The van der Waals surface area contributed by atoms with Gasteiger partial charge < -0.3 is 18.8 Å². The number of rotatable bonds is 6. The summed E-state index contributed by atoms with van der Waals surface area (Å²) in [7, 11) is 4.34. The first kappa shape index (κ1) is 26.4. The van der Waals surface area contributed by atoms with Gasteiger partial charge >= 0.3 is 5.97 Å². The minimum atomic E-state index is -0.605. The molecule has 2 aromatic carbocycles. The van der Waals surface area contributed by atoms with Gasteiger partial charge in [0.1, 0.15) is 0 Å². The van der Waals surface area contributed by atoms with Gasteiger partial charge in [0, 0.05) is 23.2 Å². The molecule has 1 aliphatic rings. The predicted octanol–water partition coefficient (Wildman–Crippen LogP) is 6.30. The van der Waals surface area contributed by atoms with Crippen molar-refractivity contribution < 1.29 is 23.8 Å². The lowest BCUT2D eigenvalue weighted by Crippen LogP contribution is -2.24. The van der Waals surface area contributed by atoms with Crippen LogP contribution in [0.2, 0.25) is 10.0 Å². The van der Waals surface area contributed by atoms with Crippen LogP contribution in [0.4, 0.5) is 5.69 Å². The number of allylic oxidation sites excluding steroid dienone is 1. The van der Waals surface area contributed by atoms with Gasteiger partial charge in [-0.3, -0.25) is 9.69 Å². The van der Waals surface area contributed by atoms with Crippen LogP contribution in [0.1, 0.15) is 23.9 Å². The summed E-state index contributed by atoms with van der Waals surface area (Å²) in [5.41, 5.74) is 4.57. The molecule has 0 unspecified atom stereocenters. The summed E-state index contributed by atoms with van der Waals surface area (Å²) in [6.07, 6.45) is 1.70. The van der Waals surface area contributed by atoms with E-state index in [1.807, 2.05) is 36.6 Å². The number of halogens is 2. The third-order valence-electron chi connectivity index (χ3n) is 6.36. The van der Waals surface area contributed by atoms with E-state index >= 15 is 0 Å². The fourth-order valence-electron chi connectivity index (χ4n) is 4.58. The van der Waals surface area contributed by atoms with Gasteiger partial charge in [0.05, 0.1) is 53.9 Å². The molecule has 4 rings (SSSR count). The fourth-order valence-corrected chi connectivity index (χ4v) is 4.96. The fraction of sp³-hybridized carbons (Fsp3) is 0.214. The van der Waals surface area contributed by atoms with E-state index in [1.54, 1.807) is 37.3 Å². The second kappa shape index (κ2) is 10.4. The van der Waals surface area contributed by atoms with E-state index < -0.39 is 5.97 Å². The maximum atomic E-state index is 13.8. The lowest BCUT2D eigenvalue weighted by atomic mass is 10.0. The highest BCUT2D eigenvalue weighted by molar-refractivity contribution is 6.43. The van der Waals surface area contributed by atoms with Gasteiger partial charge in [0.15, 0.2) is 11.5 Å². The molecule has 1 amide bonds. The first-order valence-electron chi connectivity index (χ1n) is 11.4. The summed E-state index contributed by atoms with van der Waals surface area (Å²) in [6, 6.07) is 12.5. The Labute approximate surface area is 225 Å². The molecule has 0 spiro atoms. The number of carbonyl (C=O) groups is 2. The third kappa shape index (κ3) is 4.49. The van der Waals surface area contributed by atoms with E-state index in [1.165, 1.54) is 26.2 Å². The largest absolute Gasteiger partial charge is 0.493 e. The maximum Gasteiger partial charge on any atom is 0.340 e. The Bertz CT molecular complexity index is 1490. The monoisotopic (exact) mass is 540 g/mol. The van der Waals surface area contributed by atoms with Crippen molar-refractivity contribution in [2.45, 2.75) is 20.8 Å². The highest BCUT2D eigenvalue weighted by Crippen LogP contribution is 2.40. The van der Waals surface area contributed by atoms with E-state index in [2.05, 4.69) is 0 Å². The van der Waals surface area contributed by atoms with Crippen LogP contribution in [0.15, 0.2) is 59.3 Å². The molecule has 3 aromatic rings.